The lowest BCUT2D eigenvalue weighted by Gasteiger charge is -2.04. The molecule has 2 aromatic rings. The van der Waals surface area contributed by atoms with Crippen molar-refractivity contribution in [2.45, 2.75) is 20.8 Å². The lowest BCUT2D eigenvalue weighted by atomic mass is 10.0. The van der Waals surface area contributed by atoms with E-state index in [2.05, 4.69) is 42.1 Å². The number of aromatic nitrogens is 1. The van der Waals surface area contributed by atoms with E-state index in [1.54, 1.807) is 11.3 Å². The lowest BCUT2D eigenvalue weighted by Crippen LogP contribution is -1.97. The molecular weight excluding hydrogens is 194 g/mol. The van der Waals surface area contributed by atoms with E-state index >= 15 is 0 Å². The monoisotopic (exact) mass is 204 g/mol. The standard InChI is InChI=1S/C10H10NSSi/c1-5-4-8-9(7(3)6(5)2)11-10(13)12-8/h4H,1-3H3. The van der Waals surface area contributed by atoms with Gasteiger partial charge in [0.05, 0.1) is 14.8 Å². The van der Waals surface area contributed by atoms with Gasteiger partial charge in [-0.15, -0.1) is 11.3 Å². The molecule has 0 N–H and O–H groups in total. The van der Waals surface area contributed by atoms with Crippen LogP contribution in [-0.4, -0.2) is 15.2 Å². The highest BCUT2D eigenvalue weighted by atomic mass is 32.1. The molecule has 0 saturated carbocycles. The predicted molar refractivity (Wildman–Crippen MR) is 59.2 cm³/mol. The van der Waals surface area contributed by atoms with Gasteiger partial charge in [0.15, 0.2) is 0 Å². The van der Waals surface area contributed by atoms with Gasteiger partial charge in [0, 0.05) is 0 Å². The van der Waals surface area contributed by atoms with E-state index < -0.39 is 0 Å². The summed E-state index contributed by atoms with van der Waals surface area (Å²) in [6.45, 7) is 6.43. The van der Waals surface area contributed by atoms with Crippen LogP contribution in [0, 0.1) is 20.8 Å². The smallest absolute Gasteiger partial charge is 0.115 e. The van der Waals surface area contributed by atoms with Crippen molar-refractivity contribution in [2.75, 3.05) is 0 Å². The zero-order valence-corrected chi connectivity index (χ0v) is 9.75. The van der Waals surface area contributed by atoms with Gasteiger partial charge in [0.2, 0.25) is 0 Å². The number of nitrogens with zero attached hydrogens (tertiary/aromatic N) is 1. The minimum absolute atomic E-state index is 0.961. The van der Waals surface area contributed by atoms with Crippen LogP contribution in [0.2, 0.25) is 0 Å². The van der Waals surface area contributed by atoms with Crippen LogP contribution in [0.25, 0.3) is 10.2 Å². The van der Waals surface area contributed by atoms with Crippen molar-refractivity contribution in [3.05, 3.63) is 22.8 Å². The zero-order chi connectivity index (χ0) is 9.59. The third kappa shape index (κ3) is 1.32. The Kier molecular flexibility index (Phi) is 2.00. The first-order valence-electron chi connectivity index (χ1n) is 4.18. The van der Waals surface area contributed by atoms with Gasteiger partial charge in [0.1, 0.15) is 10.2 Å². The third-order valence-electron chi connectivity index (χ3n) is 2.51. The highest BCUT2D eigenvalue weighted by Gasteiger charge is 2.07. The van der Waals surface area contributed by atoms with E-state index in [1.807, 2.05) is 0 Å². The second kappa shape index (κ2) is 2.92. The van der Waals surface area contributed by atoms with E-state index in [0.717, 1.165) is 10.1 Å². The maximum absolute atomic E-state index is 4.45. The van der Waals surface area contributed by atoms with Crippen molar-refractivity contribution >= 4 is 36.4 Å². The Morgan fingerprint density at radius 1 is 1.23 bits per heavy atom. The number of aryl methyl sites for hydroxylation is 2. The Morgan fingerprint density at radius 3 is 2.62 bits per heavy atom. The molecule has 3 heteroatoms. The van der Waals surface area contributed by atoms with Gasteiger partial charge < -0.3 is 0 Å². The quantitative estimate of drug-likeness (QED) is 0.598. The molecule has 1 aromatic heterocycles. The molecule has 1 heterocycles. The molecule has 0 amide bonds. The molecule has 1 nitrogen and oxygen atoms in total. The zero-order valence-electron chi connectivity index (χ0n) is 7.93. The van der Waals surface area contributed by atoms with E-state index in [1.165, 1.54) is 21.4 Å². The van der Waals surface area contributed by atoms with E-state index in [9.17, 15) is 0 Å². The van der Waals surface area contributed by atoms with Crippen LogP contribution in [-0.2, 0) is 0 Å². The number of benzene rings is 1. The fourth-order valence-electron chi connectivity index (χ4n) is 1.48. The maximum Gasteiger partial charge on any atom is 0.115 e. The number of fused-ring (bicyclic) bond motifs is 1. The normalized spacial score (nSPS) is 11.1. The minimum Gasteiger partial charge on any atom is -0.247 e. The summed E-state index contributed by atoms with van der Waals surface area (Å²) in [7, 11) is 3.47. The Balaban J connectivity index is 2.92. The molecule has 0 fully saturated rings. The summed E-state index contributed by atoms with van der Waals surface area (Å²) in [5, 5.41) is 0. The first kappa shape index (κ1) is 8.90. The summed E-state index contributed by atoms with van der Waals surface area (Å²) in [5.41, 5.74) is 5.14. The summed E-state index contributed by atoms with van der Waals surface area (Å²) in [6.07, 6.45) is 0. The number of thiazole rings is 1. The van der Waals surface area contributed by atoms with E-state index in [4.69, 9.17) is 0 Å². The van der Waals surface area contributed by atoms with Crippen LogP contribution in [0.5, 0.6) is 0 Å². The number of rotatable bonds is 0. The average Bonchev–Trinajstić information content (AvgIpc) is 2.42. The fraction of sp³-hybridized carbons (Fsp3) is 0.300. The maximum atomic E-state index is 4.45. The lowest BCUT2D eigenvalue weighted by molar-refractivity contribution is 1.28. The van der Waals surface area contributed by atoms with Crippen LogP contribution >= 0.6 is 11.3 Å². The van der Waals surface area contributed by atoms with Crippen LogP contribution in [0.1, 0.15) is 16.7 Å². The van der Waals surface area contributed by atoms with E-state index in [-0.39, 0.29) is 0 Å². The first-order valence-corrected chi connectivity index (χ1v) is 5.50. The number of hydrogen-bond donors (Lipinski definition) is 0. The first-order chi connectivity index (χ1) is 6.09. The van der Waals surface area contributed by atoms with Gasteiger partial charge in [-0.25, -0.2) is 4.98 Å². The summed E-state index contributed by atoms with van der Waals surface area (Å²) >= 11 is 1.69. The number of hydrogen-bond acceptors (Lipinski definition) is 2. The van der Waals surface area contributed by atoms with E-state index in [0.29, 0.717) is 0 Å². The molecule has 0 aliphatic rings. The molecule has 13 heavy (non-hydrogen) atoms. The topological polar surface area (TPSA) is 12.9 Å². The largest absolute Gasteiger partial charge is 0.247 e. The molecule has 0 aliphatic carbocycles. The van der Waals surface area contributed by atoms with Crippen molar-refractivity contribution in [1.82, 2.24) is 4.98 Å². The molecule has 0 atom stereocenters. The van der Waals surface area contributed by atoms with Crippen LogP contribution < -0.4 is 4.63 Å². The second-order valence-electron chi connectivity index (χ2n) is 3.31. The van der Waals surface area contributed by atoms with Crippen LogP contribution in [0.15, 0.2) is 6.07 Å². The van der Waals surface area contributed by atoms with Gasteiger partial charge in [-0.05, 0) is 43.5 Å². The third-order valence-corrected chi connectivity index (χ3v) is 3.74. The molecule has 1 aromatic carbocycles. The Hall–Kier alpha value is -0.673. The summed E-state index contributed by atoms with van der Waals surface area (Å²) in [4.78, 5) is 4.45. The molecule has 0 unspecified atom stereocenters. The van der Waals surface area contributed by atoms with Gasteiger partial charge in [-0.2, -0.15) is 0 Å². The highest BCUT2D eigenvalue weighted by Crippen LogP contribution is 2.24. The molecule has 0 bridgehead atoms. The molecule has 2 rings (SSSR count). The van der Waals surface area contributed by atoms with Gasteiger partial charge >= 0.3 is 0 Å². The minimum atomic E-state index is 0.961. The van der Waals surface area contributed by atoms with Gasteiger partial charge in [-0.1, -0.05) is 0 Å². The summed E-state index contributed by atoms with van der Waals surface area (Å²) in [6, 6.07) is 2.21. The molecule has 0 saturated heterocycles. The molecule has 0 spiro atoms. The molecular formula is C10H10NSSi. The highest BCUT2D eigenvalue weighted by molar-refractivity contribution is 7.25. The average molecular weight is 204 g/mol. The second-order valence-corrected chi connectivity index (χ2v) is 5.18. The predicted octanol–water partition coefficient (Wildman–Crippen LogP) is 2.02. The molecule has 65 valence electrons. The summed E-state index contributed by atoms with van der Waals surface area (Å²) < 4.78 is 2.23. The van der Waals surface area contributed by atoms with Crippen molar-refractivity contribution < 1.29 is 0 Å². The van der Waals surface area contributed by atoms with Crippen molar-refractivity contribution in [3.8, 4) is 0 Å². The fourth-order valence-corrected chi connectivity index (χ4v) is 2.79. The van der Waals surface area contributed by atoms with Crippen molar-refractivity contribution in [2.24, 2.45) is 0 Å². The van der Waals surface area contributed by atoms with Crippen molar-refractivity contribution in [3.63, 3.8) is 0 Å². The van der Waals surface area contributed by atoms with Gasteiger partial charge in [0.25, 0.3) is 0 Å². The molecule has 0 aliphatic heterocycles. The molecule has 3 radical (unpaired) electrons. The van der Waals surface area contributed by atoms with Crippen LogP contribution in [0.4, 0.5) is 0 Å². The Labute approximate surface area is 85.2 Å². The summed E-state index contributed by atoms with van der Waals surface area (Å²) in [5.74, 6) is 0. The Morgan fingerprint density at radius 2 is 1.92 bits per heavy atom. The van der Waals surface area contributed by atoms with Crippen LogP contribution in [0.3, 0.4) is 0 Å². The SMILES string of the molecule is Cc1cc2sc([Si])nc2c(C)c1C. The van der Waals surface area contributed by atoms with Crippen molar-refractivity contribution in [1.29, 1.82) is 0 Å². The van der Waals surface area contributed by atoms with Gasteiger partial charge in [-0.3, -0.25) is 0 Å². The Bertz CT molecular complexity index is 473.